The zero-order chi connectivity index (χ0) is 23.4. The lowest BCUT2D eigenvalue weighted by atomic mass is 9.96. The standard InChI is InChI=1S/C24H30N2O6S/c1-17(19-4-9-22-23(16-19)32-15-3-14-31-22)25-24(27)18-10-12-26(13-11-18)33(28,29)21-7-5-20(30-2)6-8-21/h4-9,16-18H,3,10-15H2,1-2H3,(H,25,27). The summed E-state index contributed by atoms with van der Waals surface area (Å²) in [5.74, 6) is 1.74. The maximum atomic E-state index is 12.9. The summed E-state index contributed by atoms with van der Waals surface area (Å²) in [6, 6.07) is 11.9. The normalized spacial score (nSPS) is 18.2. The highest BCUT2D eigenvalue weighted by molar-refractivity contribution is 7.89. The maximum Gasteiger partial charge on any atom is 0.243 e. The predicted molar refractivity (Wildman–Crippen MR) is 123 cm³/mol. The number of nitrogens with zero attached hydrogens (tertiary/aromatic N) is 1. The van der Waals surface area contributed by atoms with Gasteiger partial charge in [0.25, 0.3) is 0 Å². The van der Waals surface area contributed by atoms with Crippen LogP contribution in [0, 0.1) is 5.92 Å². The Kier molecular flexibility index (Phi) is 7.09. The maximum absolute atomic E-state index is 12.9. The summed E-state index contributed by atoms with van der Waals surface area (Å²) in [7, 11) is -2.06. The molecule has 0 aliphatic carbocycles. The van der Waals surface area contributed by atoms with Crippen LogP contribution in [0.4, 0.5) is 0 Å². The monoisotopic (exact) mass is 474 g/mol. The molecule has 178 valence electrons. The first-order valence-corrected chi connectivity index (χ1v) is 12.7. The van der Waals surface area contributed by atoms with Gasteiger partial charge in [0.15, 0.2) is 11.5 Å². The molecule has 8 nitrogen and oxygen atoms in total. The van der Waals surface area contributed by atoms with Crippen molar-refractivity contribution in [3.63, 3.8) is 0 Å². The SMILES string of the molecule is COc1ccc(S(=O)(=O)N2CCC(C(=O)NC(C)c3ccc4c(c3)OCCCO4)CC2)cc1. The van der Waals surface area contributed by atoms with Gasteiger partial charge in [-0.2, -0.15) is 4.31 Å². The molecule has 4 rings (SSSR count). The summed E-state index contributed by atoms with van der Waals surface area (Å²) in [5.41, 5.74) is 0.937. The fraction of sp³-hybridized carbons (Fsp3) is 0.458. The van der Waals surface area contributed by atoms with E-state index in [0.717, 1.165) is 17.7 Å². The number of sulfonamides is 1. The summed E-state index contributed by atoms with van der Waals surface area (Å²) < 4.78 is 43.8. The van der Waals surface area contributed by atoms with Gasteiger partial charge < -0.3 is 19.5 Å². The number of benzene rings is 2. The van der Waals surface area contributed by atoms with Crippen molar-refractivity contribution < 1.29 is 27.4 Å². The molecule has 0 bridgehead atoms. The summed E-state index contributed by atoms with van der Waals surface area (Å²) in [6.45, 7) is 3.79. The lowest BCUT2D eigenvalue weighted by molar-refractivity contribution is -0.126. The van der Waals surface area contributed by atoms with E-state index in [1.165, 1.54) is 11.4 Å². The number of fused-ring (bicyclic) bond motifs is 1. The Morgan fingerprint density at radius 3 is 2.39 bits per heavy atom. The van der Waals surface area contributed by atoms with Crippen LogP contribution in [-0.4, -0.2) is 52.0 Å². The Balaban J connectivity index is 1.34. The topological polar surface area (TPSA) is 94.2 Å². The van der Waals surface area contributed by atoms with Crippen molar-refractivity contribution in [2.45, 2.75) is 37.1 Å². The first-order valence-electron chi connectivity index (χ1n) is 11.2. The molecule has 9 heteroatoms. The van der Waals surface area contributed by atoms with Gasteiger partial charge in [-0.15, -0.1) is 0 Å². The smallest absolute Gasteiger partial charge is 0.243 e. The molecule has 2 aromatic carbocycles. The number of nitrogens with one attached hydrogen (secondary N) is 1. The molecule has 1 N–H and O–H groups in total. The minimum atomic E-state index is -3.59. The molecule has 0 radical (unpaired) electrons. The van der Waals surface area contributed by atoms with E-state index in [4.69, 9.17) is 14.2 Å². The Hall–Kier alpha value is -2.78. The Bertz CT molecular complexity index is 1080. The Labute approximate surface area is 194 Å². The van der Waals surface area contributed by atoms with Gasteiger partial charge in [0.2, 0.25) is 15.9 Å². The molecular formula is C24H30N2O6S. The fourth-order valence-electron chi connectivity index (χ4n) is 4.12. The zero-order valence-electron chi connectivity index (χ0n) is 19.0. The van der Waals surface area contributed by atoms with E-state index in [1.807, 2.05) is 25.1 Å². The van der Waals surface area contributed by atoms with Gasteiger partial charge in [0.1, 0.15) is 5.75 Å². The Morgan fingerprint density at radius 2 is 1.73 bits per heavy atom. The van der Waals surface area contributed by atoms with Gasteiger partial charge in [0, 0.05) is 25.4 Å². The largest absolute Gasteiger partial charge is 0.497 e. The zero-order valence-corrected chi connectivity index (χ0v) is 19.8. The van der Waals surface area contributed by atoms with Crippen LogP contribution in [-0.2, 0) is 14.8 Å². The summed E-state index contributed by atoms with van der Waals surface area (Å²) in [5, 5.41) is 3.07. The van der Waals surface area contributed by atoms with E-state index in [2.05, 4.69) is 5.32 Å². The second-order valence-electron chi connectivity index (χ2n) is 8.34. The van der Waals surface area contributed by atoms with Crippen molar-refractivity contribution in [1.29, 1.82) is 0 Å². The summed E-state index contributed by atoms with van der Waals surface area (Å²) in [4.78, 5) is 13.1. The van der Waals surface area contributed by atoms with Crippen LogP contribution in [0.5, 0.6) is 17.2 Å². The van der Waals surface area contributed by atoms with E-state index < -0.39 is 10.0 Å². The van der Waals surface area contributed by atoms with Gasteiger partial charge in [0.05, 0.1) is 31.3 Å². The molecule has 1 unspecified atom stereocenters. The lowest BCUT2D eigenvalue weighted by Gasteiger charge is -2.31. The van der Waals surface area contributed by atoms with Crippen LogP contribution in [0.15, 0.2) is 47.4 Å². The molecule has 2 aliphatic rings. The minimum Gasteiger partial charge on any atom is -0.497 e. The van der Waals surface area contributed by atoms with Crippen molar-refractivity contribution in [2.24, 2.45) is 5.92 Å². The van der Waals surface area contributed by atoms with Crippen molar-refractivity contribution >= 4 is 15.9 Å². The number of rotatable bonds is 6. The average molecular weight is 475 g/mol. The quantitative estimate of drug-likeness (QED) is 0.691. The van der Waals surface area contributed by atoms with Crippen molar-refractivity contribution in [3.05, 3.63) is 48.0 Å². The fourth-order valence-corrected chi connectivity index (χ4v) is 5.59. The molecule has 1 fully saturated rings. The molecule has 1 atom stereocenters. The minimum absolute atomic E-state index is 0.0592. The van der Waals surface area contributed by atoms with Crippen LogP contribution >= 0.6 is 0 Å². The number of hydrogen-bond donors (Lipinski definition) is 1. The van der Waals surface area contributed by atoms with E-state index in [-0.39, 0.29) is 22.8 Å². The van der Waals surface area contributed by atoms with Gasteiger partial charge in [-0.05, 0) is 61.7 Å². The van der Waals surface area contributed by atoms with Crippen LogP contribution in [0.2, 0.25) is 0 Å². The summed E-state index contributed by atoms with van der Waals surface area (Å²) >= 11 is 0. The Morgan fingerprint density at radius 1 is 1.06 bits per heavy atom. The molecule has 0 aromatic heterocycles. The number of ether oxygens (including phenoxy) is 3. The molecule has 1 saturated heterocycles. The van der Waals surface area contributed by atoms with Gasteiger partial charge in [-0.3, -0.25) is 4.79 Å². The number of piperidine rings is 1. The van der Waals surface area contributed by atoms with E-state index in [9.17, 15) is 13.2 Å². The van der Waals surface area contributed by atoms with Gasteiger partial charge in [-0.1, -0.05) is 6.07 Å². The van der Waals surface area contributed by atoms with E-state index in [1.54, 1.807) is 24.3 Å². The molecule has 33 heavy (non-hydrogen) atoms. The van der Waals surface area contributed by atoms with Crippen molar-refractivity contribution in [3.8, 4) is 17.2 Å². The highest BCUT2D eigenvalue weighted by Gasteiger charge is 2.32. The predicted octanol–water partition coefficient (Wildman–Crippen LogP) is 3.13. The number of methoxy groups -OCH3 is 1. The number of amides is 1. The molecular weight excluding hydrogens is 444 g/mol. The lowest BCUT2D eigenvalue weighted by Crippen LogP contribution is -2.43. The second-order valence-corrected chi connectivity index (χ2v) is 10.3. The van der Waals surface area contributed by atoms with Crippen molar-refractivity contribution in [2.75, 3.05) is 33.4 Å². The van der Waals surface area contributed by atoms with Gasteiger partial charge >= 0.3 is 0 Å². The molecule has 0 spiro atoms. The third-order valence-corrected chi connectivity index (χ3v) is 8.07. The third kappa shape index (κ3) is 5.25. The van der Waals surface area contributed by atoms with E-state index >= 15 is 0 Å². The molecule has 2 aromatic rings. The first kappa shape index (κ1) is 23.4. The highest BCUT2D eigenvalue weighted by atomic mass is 32.2. The molecule has 0 saturated carbocycles. The summed E-state index contributed by atoms with van der Waals surface area (Å²) in [6.07, 6.45) is 1.80. The highest BCUT2D eigenvalue weighted by Crippen LogP contribution is 2.32. The van der Waals surface area contributed by atoms with Crippen molar-refractivity contribution in [1.82, 2.24) is 9.62 Å². The van der Waals surface area contributed by atoms with E-state index in [0.29, 0.717) is 50.6 Å². The molecule has 2 aliphatic heterocycles. The molecule has 2 heterocycles. The van der Waals surface area contributed by atoms with Gasteiger partial charge in [-0.25, -0.2) is 8.42 Å². The van der Waals surface area contributed by atoms with Crippen LogP contribution in [0.1, 0.15) is 37.8 Å². The second kappa shape index (κ2) is 10.0. The number of carbonyl (C=O) groups is 1. The van der Waals surface area contributed by atoms with Crippen LogP contribution in [0.3, 0.4) is 0 Å². The number of hydrogen-bond acceptors (Lipinski definition) is 6. The average Bonchev–Trinajstić information content (AvgIpc) is 3.09. The first-order chi connectivity index (χ1) is 15.9. The molecule has 1 amide bonds. The number of carbonyl (C=O) groups excluding carboxylic acids is 1. The van der Waals surface area contributed by atoms with Crippen LogP contribution in [0.25, 0.3) is 0 Å². The third-order valence-electron chi connectivity index (χ3n) is 6.15. The van der Waals surface area contributed by atoms with Crippen LogP contribution < -0.4 is 19.5 Å².